The summed E-state index contributed by atoms with van der Waals surface area (Å²) < 4.78 is 4.64. The molecule has 5 nitrogen and oxygen atoms in total. The highest BCUT2D eigenvalue weighted by atomic mass is 16.5. The van der Waals surface area contributed by atoms with Crippen LogP contribution in [0.15, 0.2) is 24.4 Å². The van der Waals surface area contributed by atoms with E-state index in [1.54, 1.807) is 31.3 Å². The molecule has 0 radical (unpaired) electrons. The summed E-state index contributed by atoms with van der Waals surface area (Å²) >= 11 is 0. The first kappa shape index (κ1) is 10.4. The van der Waals surface area contributed by atoms with Crippen LogP contribution in [0, 0.1) is 0 Å². The Kier molecular flexibility index (Phi) is 2.68. The first-order valence-electron chi connectivity index (χ1n) is 4.87. The Morgan fingerprint density at radius 3 is 3.00 bits per heavy atom. The summed E-state index contributed by atoms with van der Waals surface area (Å²) in [7, 11) is 0. The molecule has 1 heterocycles. The van der Waals surface area contributed by atoms with Crippen LogP contribution in [0.4, 0.5) is 0 Å². The number of rotatable bonds is 3. The van der Waals surface area contributed by atoms with Crippen LogP contribution in [0.5, 0.6) is 0 Å². The summed E-state index contributed by atoms with van der Waals surface area (Å²) in [5.74, 6) is -1.47. The molecule has 0 bridgehead atoms. The Morgan fingerprint density at radius 1 is 1.44 bits per heavy atom. The average molecular weight is 218 g/mol. The van der Waals surface area contributed by atoms with E-state index in [0.29, 0.717) is 5.56 Å². The second kappa shape index (κ2) is 4.14. The predicted octanol–water partition coefficient (Wildman–Crippen LogP) is 1.31. The van der Waals surface area contributed by atoms with Gasteiger partial charge in [-0.2, -0.15) is 5.10 Å². The Balaban J connectivity index is 2.32. The topological polar surface area (TPSA) is 72.1 Å². The van der Waals surface area contributed by atoms with Crippen LogP contribution in [0.3, 0.4) is 0 Å². The van der Waals surface area contributed by atoms with Gasteiger partial charge >= 0.3 is 5.97 Å². The second-order valence-corrected chi connectivity index (χ2v) is 3.22. The number of aromatic nitrogens is 2. The number of esters is 1. The standard InChI is InChI=1S/C11H10N2O3/c1-2-16-11(15)10(14)7-3-4-8-6-12-13-9(8)5-7/h3-6H,2H2,1H3,(H,12,13). The molecule has 1 aromatic heterocycles. The Hall–Kier alpha value is -2.17. The minimum Gasteiger partial charge on any atom is -0.460 e. The lowest BCUT2D eigenvalue weighted by atomic mass is 10.1. The highest BCUT2D eigenvalue weighted by Gasteiger charge is 2.17. The number of fused-ring (bicyclic) bond motifs is 1. The molecule has 82 valence electrons. The molecule has 0 aliphatic carbocycles. The lowest BCUT2D eigenvalue weighted by Gasteiger charge is -2.00. The molecule has 5 heteroatoms. The number of carbonyl (C=O) groups is 2. The third-order valence-corrected chi connectivity index (χ3v) is 2.16. The van der Waals surface area contributed by atoms with E-state index in [9.17, 15) is 9.59 Å². The third kappa shape index (κ3) is 1.79. The van der Waals surface area contributed by atoms with Gasteiger partial charge < -0.3 is 4.74 Å². The molecular formula is C11H10N2O3. The number of hydrogen-bond donors (Lipinski definition) is 1. The summed E-state index contributed by atoms with van der Waals surface area (Å²) in [5, 5.41) is 7.45. The molecule has 1 N–H and O–H groups in total. The zero-order chi connectivity index (χ0) is 11.5. The normalized spacial score (nSPS) is 10.3. The van der Waals surface area contributed by atoms with Crippen molar-refractivity contribution in [1.29, 1.82) is 0 Å². The van der Waals surface area contributed by atoms with Crippen molar-refractivity contribution in [3.8, 4) is 0 Å². The van der Waals surface area contributed by atoms with Crippen molar-refractivity contribution >= 4 is 22.7 Å². The third-order valence-electron chi connectivity index (χ3n) is 2.16. The molecule has 0 amide bonds. The summed E-state index contributed by atoms with van der Waals surface area (Å²) in [6, 6.07) is 4.89. The molecule has 0 spiro atoms. The van der Waals surface area contributed by atoms with Crippen LogP contribution in [0.1, 0.15) is 17.3 Å². The molecule has 0 aliphatic rings. The van der Waals surface area contributed by atoms with E-state index in [-0.39, 0.29) is 6.61 Å². The molecular weight excluding hydrogens is 208 g/mol. The van der Waals surface area contributed by atoms with Crippen molar-refractivity contribution in [3.05, 3.63) is 30.0 Å². The average Bonchev–Trinajstić information content (AvgIpc) is 2.75. The summed E-state index contributed by atoms with van der Waals surface area (Å²) in [4.78, 5) is 22.8. The van der Waals surface area contributed by atoms with Gasteiger partial charge in [0.25, 0.3) is 5.78 Å². The van der Waals surface area contributed by atoms with Crippen LogP contribution < -0.4 is 0 Å². The molecule has 0 aliphatic heterocycles. The van der Waals surface area contributed by atoms with Gasteiger partial charge in [0.15, 0.2) is 0 Å². The van der Waals surface area contributed by atoms with Crippen molar-refractivity contribution in [2.75, 3.05) is 6.61 Å². The molecule has 0 atom stereocenters. The van der Waals surface area contributed by atoms with Gasteiger partial charge in [0.05, 0.1) is 18.3 Å². The van der Waals surface area contributed by atoms with Crippen molar-refractivity contribution < 1.29 is 14.3 Å². The first-order valence-corrected chi connectivity index (χ1v) is 4.87. The summed E-state index contributed by atoms with van der Waals surface area (Å²) in [6.07, 6.45) is 1.65. The molecule has 0 fully saturated rings. The highest BCUT2D eigenvalue weighted by molar-refractivity contribution is 6.40. The van der Waals surface area contributed by atoms with Crippen molar-refractivity contribution in [3.63, 3.8) is 0 Å². The molecule has 2 rings (SSSR count). The van der Waals surface area contributed by atoms with Crippen LogP contribution in [-0.2, 0) is 9.53 Å². The van der Waals surface area contributed by atoms with E-state index in [2.05, 4.69) is 14.9 Å². The fraction of sp³-hybridized carbons (Fsp3) is 0.182. The molecule has 0 unspecified atom stereocenters. The van der Waals surface area contributed by atoms with Crippen LogP contribution in [0.25, 0.3) is 10.9 Å². The van der Waals surface area contributed by atoms with Gasteiger partial charge in [0.1, 0.15) is 0 Å². The minimum absolute atomic E-state index is 0.191. The second-order valence-electron chi connectivity index (χ2n) is 3.22. The zero-order valence-corrected chi connectivity index (χ0v) is 8.69. The summed E-state index contributed by atoms with van der Waals surface area (Å²) in [5.41, 5.74) is 1.02. The fourth-order valence-corrected chi connectivity index (χ4v) is 1.39. The van der Waals surface area contributed by atoms with E-state index in [0.717, 1.165) is 10.9 Å². The molecule has 0 saturated carbocycles. The fourth-order valence-electron chi connectivity index (χ4n) is 1.39. The number of nitrogens with one attached hydrogen (secondary N) is 1. The number of benzene rings is 1. The van der Waals surface area contributed by atoms with Crippen LogP contribution in [0.2, 0.25) is 0 Å². The number of ether oxygens (including phenoxy) is 1. The predicted molar refractivity (Wildman–Crippen MR) is 57.1 cm³/mol. The maximum absolute atomic E-state index is 11.6. The number of aromatic amines is 1. The lowest BCUT2D eigenvalue weighted by molar-refractivity contribution is -0.137. The maximum atomic E-state index is 11.6. The van der Waals surface area contributed by atoms with Gasteiger partial charge in [-0.1, -0.05) is 6.07 Å². The van der Waals surface area contributed by atoms with Crippen molar-refractivity contribution in [2.45, 2.75) is 6.92 Å². The SMILES string of the molecule is CCOC(=O)C(=O)c1ccc2cn[nH]c2c1. The van der Waals surface area contributed by atoms with Gasteiger partial charge in [0.2, 0.25) is 0 Å². The van der Waals surface area contributed by atoms with Crippen molar-refractivity contribution in [2.24, 2.45) is 0 Å². The van der Waals surface area contributed by atoms with E-state index in [1.807, 2.05) is 0 Å². The van der Waals surface area contributed by atoms with E-state index >= 15 is 0 Å². The van der Waals surface area contributed by atoms with Gasteiger partial charge in [-0.05, 0) is 19.1 Å². The Morgan fingerprint density at radius 2 is 2.25 bits per heavy atom. The quantitative estimate of drug-likeness (QED) is 0.479. The van der Waals surface area contributed by atoms with E-state index in [1.165, 1.54) is 0 Å². The maximum Gasteiger partial charge on any atom is 0.379 e. The Bertz CT molecular complexity index is 545. The minimum atomic E-state index is -0.832. The molecule has 0 saturated heterocycles. The van der Waals surface area contributed by atoms with Crippen molar-refractivity contribution in [1.82, 2.24) is 10.2 Å². The first-order chi connectivity index (χ1) is 7.72. The number of Topliss-reactive ketones (excluding diaryl/α,β-unsaturated/α-hetero) is 1. The van der Waals surface area contributed by atoms with E-state index < -0.39 is 11.8 Å². The molecule has 16 heavy (non-hydrogen) atoms. The van der Waals surface area contributed by atoms with Crippen LogP contribution >= 0.6 is 0 Å². The molecule has 2 aromatic rings. The largest absolute Gasteiger partial charge is 0.460 e. The lowest BCUT2D eigenvalue weighted by Crippen LogP contribution is -2.17. The van der Waals surface area contributed by atoms with Gasteiger partial charge in [-0.15, -0.1) is 0 Å². The van der Waals surface area contributed by atoms with Crippen LogP contribution in [-0.4, -0.2) is 28.6 Å². The molecule has 1 aromatic carbocycles. The number of ketones is 1. The zero-order valence-electron chi connectivity index (χ0n) is 8.69. The highest BCUT2D eigenvalue weighted by Crippen LogP contribution is 2.13. The van der Waals surface area contributed by atoms with Gasteiger partial charge in [-0.25, -0.2) is 4.79 Å². The van der Waals surface area contributed by atoms with E-state index in [4.69, 9.17) is 0 Å². The van der Waals surface area contributed by atoms with Gasteiger partial charge in [-0.3, -0.25) is 9.89 Å². The number of hydrogen-bond acceptors (Lipinski definition) is 4. The number of H-pyrrole nitrogens is 1. The Labute approximate surface area is 91.4 Å². The monoisotopic (exact) mass is 218 g/mol. The summed E-state index contributed by atoms with van der Waals surface area (Å²) in [6.45, 7) is 1.85. The number of nitrogens with zero attached hydrogens (tertiary/aromatic N) is 1. The number of carbonyl (C=O) groups excluding carboxylic acids is 2. The smallest absolute Gasteiger partial charge is 0.379 e. The van der Waals surface area contributed by atoms with Gasteiger partial charge in [0, 0.05) is 10.9 Å².